The van der Waals surface area contributed by atoms with Crippen molar-refractivity contribution in [3.63, 3.8) is 0 Å². The molecule has 3 rings (SSSR count). The number of benzene rings is 1. The maximum absolute atomic E-state index is 12.9. The lowest BCUT2D eigenvalue weighted by Crippen LogP contribution is -2.33. The first-order valence-electron chi connectivity index (χ1n) is 7.72. The van der Waals surface area contributed by atoms with Crippen molar-refractivity contribution in [3.05, 3.63) is 45.2 Å². The summed E-state index contributed by atoms with van der Waals surface area (Å²) in [7, 11) is 4.04. The number of hydrogen-bond acceptors (Lipinski definition) is 5. The second-order valence-corrected chi connectivity index (χ2v) is 8.53. The highest BCUT2D eigenvalue weighted by Gasteiger charge is 2.23. The van der Waals surface area contributed by atoms with Crippen LogP contribution in [0.25, 0.3) is 10.2 Å². The molecule has 140 valence electrons. The summed E-state index contributed by atoms with van der Waals surface area (Å²) in [6.07, 6.45) is 0.847. The smallest absolute Gasteiger partial charge is 0.295 e. The van der Waals surface area contributed by atoms with Crippen molar-refractivity contribution in [1.82, 2.24) is 9.88 Å². The molecule has 0 fully saturated rings. The molecule has 0 N–H and O–H groups in total. The molecule has 9 heteroatoms. The number of thiazole rings is 1. The summed E-state index contributed by atoms with van der Waals surface area (Å²) in [5.74, 6) is 0.125. The van der Waals surface area contributed by atoms with Crippen LogP contribution in [0.3, 0.4) is 0 Å². The molecule has 26 heavy (non-hydrogen) atoms. The van der Waals surface area contributed by atoms with E-state index in [-0.39, 0.29) is 18.3 Å². The Morgan fingerprint density at radius 2 is 1.96 bits per heavy atom. The Morgan fingerprint density at radius 3 is 2.62 bits per heavy atom. The highest BCUT2D eigenvalue weighted by Crippen LogP contribution is 2.32. The lowest BCUT2D eigenvalue weighted by molar-refractivity contribution is 0.0958. The van der Waals surface area contributed by atoms with Crippen LogP contribution in [0.5, 0.6) is 0 Å². The first-order valence-corrected chi connectivity index (χ1v) is 10.1. The lowest BCUT2D eigenvalue weighted by atomic mass is 10.3. The van der Waals surface area contributed by atoms with Crippen LogP contribution < -0.4 is 4.90 Å². The van der Waals surface area contributed by atoms with Crippen molar-refractivity contribution < 1.29 is 9.21 Å². The van der Waals surface area contributed by atoms with Gasteiger partial charge >= 0.3 is 0 Å². The van der Waals surface area contributed by atoms with Crippen LogP contribution in [0.4, 0.5) is 5.13 Å². The number of rotatable bonds is 6. The van der Waals surface area contributed by atoms with Crippen LogP contribution >= 0.6 is 55.6 Å². The van der Waals surface area contributed by atoms with Gasteiger partial charge in [0.1, 0.15) is 0 Å². The van der Waals surface area contributed by atoms with Gasteiger partial charge in [0.05, 0.1) is 10.2 Å². The Labute approximate surface area is 179 Å². The van der Waals surface area contributed by atoms with E-state index < -0.39 is 0 Å². The van der Waals surface area contributed by atoms with E-state index in [2.05, 4.69) is 41.7 Å². The van der Waals surface area contributed by atoms with E-state index in [0.717, 1.165) is 27.7 Å². The molecular formula is C17H18Br2ClN3O2S. The van der Waals surface area contributed by atoms with Crippen molar-refractivity contribution in [1.29, 1.82) is 0 Å². The molecule has 5 nitrogen and oxygen atoms in total. The molecule has 0 saturated heterocycles. The van der Waals surface area contributed by atoms with Gasteiger partial charge in [0.2, 0.25) is 0 Å². The number of anilines is 1. The van der Waals surface area contributed by atoms with E-state index >= 15 is 0 Å². The quantitative estimate of drug-likeness (QED) is 0.432. The zero-order valence-electron chi connectivity index (χ0n) is 14.2. The molecule has 2 heterocycles. The summed E-state index contributed by atoms with van der Waals surface area (Å²) in [6.45, 7) is 1.47. The van der Waals surface area contributed by atoms with E-state index in [0.29, 0.717) is 22.1 Å². The lowest BCUT2D eigenvalue weighted by Gasteiger charge is -2.19. The van der Waals surface area contributed by atoms with Gasteiger partial charge in [-0.2, -0.15) is 0 Å². The standard InChI is InChI=1S/C17H17Br2N3O2S.ClH/c1-21(2)8-3-9-22(16(23)13-6-7-15(19)24-13)17-20-12-5-4-11(18)10-14(12)25-17;/h4-7,10H,3,8-9H2,1-2H3;1H. The van der Waals surface area contributed by atoms with Crippen molar-refractivity contribution in [2.75, 3.05) is 32.1 Å². The van der Waals surface area contributed by atoms with E-state index in [1.54, 1.807) is 17.0 Å². The number of fused-ring (bicyclic) bond motifs is 1. The molecule has 1 amide bonds. The largest absolute Gasteiger partial charge is 0.444 e. The van der Waals surface area contributed by atoms with E-state index in [1.807, 2.05) is 32.3 Å². The Kier molecular flexibility index (Phi) is 7.66. The molecule has 3 aromatic rings. The molecule has 0 atom stereocenters. The number of furan rings is 1. The van der Waals surface area contributed by atoms with Crippen LogP contribution in [0.2, 0.25) is 0 Å². The fraction of sp³-hybridized carbons (Fsp3) is 0.294. The Bertz CT molecular complexity index is 897. The molecule has 0 spiro atoms. The van der Waals surface area contributed by atoms with Gasteiger partial charge in [-0.1, -0.05) is 27.3 Å². The third-order valence-electron chi connectivity index (χ3n) is 3.59. The Morgan fingerprint density at radius 1 is 1.19 bits per heavy atom. The topological polar surface area (TPSA) is 49.6 Å². The minimum absolute atomic E-state index is 0. The summed E-state index contributed by atoms with van der Waals surface area (Å²) < 4.78 is 8.03. The summed E-state index contributed by atoms with van der Waals surface area (Å²) in [5.41, 5.74) is 0.884. The third-order valence-corrected chi connectivity index (χ3v) is 5.55. The minimum atomic E-state index is -0.178. The first kappa shape index (κ1) is 21.4. The summed E-state index contributed by atoms with van der Waals surface area (Å²) in [5, 5.41) is 0.685. The van der Waals surface area contributed by atoms with Crippen LogP contribution in [-0.4, -0.2) is 43.0 Å². The van der Waals surface area contributed by atoms with Crippen LogP contribution in [-0.2, 0) is 0 Å². The molecule has 1 aromatic carbocycles. The minimum Gasteiger partial charge on any atom is -0.444 e. The summed E-state index contributed by atoms with van der Waals surface area (Å²) in [6, 6.07) is 9.32. The maximum atomic E-state index is 12.9. The predicted molar refractivity (Wildman–Crippen MR) is 116 cm³/mol. The third kappa shape index (κ3) is 5.07. The normalized spacial score (nSPS) is 11.0. The SMILES string of the molecule is CN(C)CCCN(C(=O)c1ccc(Br)o1)c1nc2ccc(Br)cc2s1.Cl. The number of carbonyl (C=O) groups excluding carboxylic acids is 1. The van der Waals surface area contributed by atoms with Gasteiger partial charge in [0.15, 0.2) is 15.6 Å². The van der Waals surface area contributed by atoms with Gasteiger partial charge in [-0.25, -0.2) is 4.98 Å². The molecule has 0 aliphatic heterocycles. The molecular weight excluding hydrogens is 506 g/mol. The van der Waals surface area contributed by atoms with Gasteiger partial charge in [-0.3, -0.25) is 9.69 Å². The fourth-order valence-corrected chi connectivity index (χ4v) is 4.24. The molecule has 0 radical (unpaired) electrons. The number of hydrogen-bond donors (Lipinski definition) is 0. The van der Waals surface area contributed by atoms with Crippen molar-refractivity contribution in [2.24, 2.45) is 0 Å². The molecule has 0 aliphatic carbocycles. The average Bonchev–Trinajstić information content (AvgIpc) is 3.16. The van der Waals surface area contributed by atoms with Crippen molar-refractivity contribution in [3.8, 4) is 0 Å². The molecule has 2 aromatic heterocycles. The highest BCUT2D eigenvalue weighted by atomic mass is 79.9. The van der Waals surface area contributed by atoms with Crippen LogP contribution in [0.15, 0.2) is 43.9 Å². The number of nitrogens with zero attached hydrogens (tertiary/aromatic N) is 3. The van der Waals surface area contributed by atoms with Crippen molar-refractivity contribution >= 4 is 76.9 Å². The number of amides is 1. The average molecular weight is 524 g/mol. The zero-order valence-corrected chi connectivity index (χ0v) is 19.0. The second-order valence-electron chi connectivity index (χ2n) is 5.83. The predicted octanol–water partition coefficient (Wildman–Crippen LogP) is 5.43. The maximum Gasteiger partial charge on any atom is 0.295 e. The Hall–Kier alpha value is -0.930. The van der Waals surface area contributed by atoms with Gasteiger partial charge in [0, 0.05) is 11.0 Å². The van der Waals surface area contributed by atoms with Crippen molar-refractivity contribution in [2.45, 2.75) is 6.42 Å². The summed E-state index contributed by atoms with van der Waals surface area (Å²) >= 11 is 8.23. The fourth-order valence-electron chi connectivity index (χ4n) is 2.39. The van der Waals surface area contributed by atoms with Gasteiger partial charge in [0.25, 0.3) is 5.91 Å². The second kappa shape index (κ2) is 9.32. The number of halogens is 3. The van der Waals surface area contributed by atoms with Gasteiger partial charge in [-0.15, -0.1) is 12.4 Å². The number of aromatic nitrogens is 1. The van der Waals surface area contributed by atoms with E-state index in [1.165, 1.54) is 11.3 Å². The molecule has 0 aliphatic rings. The molecule has 0 unspecified atom stereocenters. The van der Waals surface area contributed by atoms with Crippen LogP contribution in [0, 0.1) is 0 Å². The first-order chi connectivity index (χ1) is 11.9. The van der Waals surface area contributed by atoms with Gasteiger partial charge < -0.3 is 9.32 Å². The summed E-state index contributed by atoms with van der Waals surface area (Å²) in [4.78, 5) is 21.4. The number of carbonyl (C=O) groups is 1. The van der Waals surface area contributed by atoms with E-state index in [9.17, 15) is 4.79 Å². The van der Waals surface area contributed by atoms with Crippen LogP contribution in [0.1, 0.15) is 17.0 Å². The zero-order chi connectivity index (χ0) is 18.0. The highest BCUT2D eigenvalue weighted by molar-refractivity contribution is 9.10. The monoisotopic (exact) mass is 521 g/mol. The van der Waals surface area contributed by atoms with Gasteiger partial charge in [-0.05, 0) is 73.3 Å². The molecule has 0 bridgehead atoms. The Balaban J connectivity index is 0.00000243. The molecule has 0 saturated carbocycles. The van der Waals surface area contributed by atoms with E-state index in [4.69, 9.17) is 4.42 Å².